The number of hydrogen-bond acceptors (Lipinski definition) is 3. The zero-order valence-corrected chi connectivity index (χ0v) is 11.7. The van der Waals surface area contributed by atoms with Crippen LogP contribution in [-0.4, -0.2) is 24.6 Å². The van der Waals surface area contributed by atoms with Gasteiger partial charge in [0, 0.05) is 25.8 Å². The number of aromatic nitrogens is 1. The van der Waals surface area contributed by atoms with Crippen molar-refractivity contribution in [3.05, 3.63) is 23.9 Å². The lowest BCUT2D eigenvalue weighted by molar-refractivity contribution is 0.587. The first-order valence-corrected chi connectivity index (χ1v) is 6.24. The van der Waals surface area contributed by atoms with Crippen LogP contribution in [0.4, 0.5) is 5.82 Å². The fraction of sp³-hybridized carbons (Fsp3) is 0.643. The fourth-order valence-electron chi connectivity index (χ4n) is 1.57. The van der Waals surface area contributed by atoms with E-state index in [1.807, 2.05) is 13.1 Å². The third kappa shape index (κ3) is 4.35. The van der Waals surface area contributed by atoms with Crippen LogP contribution in [0.5, 0.6) is 0 Å². The van der Waals surface area contributed by atoms with E-state index in [0.29, 0.717) is 0 Å². The minimum atomic E-state index is 0.163. The minimum Gasteiger partial charge on any atom is -0.360 e. The van der Waals surface area contributed by atoms with Crippen molar-refractivity contribution in [3.63, 3.8) is 0 Å². The summed E-state index contributed by atoms with van der Waals surface area (Å²) in [6.07, 6.45) is 2.96. The van der Waals surface area contributed by atoms with Crippen molar-refractivity contribution in [1.82, 2.24) is 4.98 Å². The molecule has 0 aromatic carbocycles. The highest BCUT2D eigenvalue weighted by Gasteiger charge is 2.14. The van der Waals surface area contributed by atoms with Gasteiger partial charge in [0.2, 0.25) is 0 Å². The first-order chi connectivity index (χ1) is 7.80. The van der Waals surface area contributed by atoms with Crippen LogP contribution < -0.4 is 10.6 Å². The van der Waals surface area contributed by atoms with E-state index in [4.69, 9.17) is 5.73 Å². The van der Waals surface area contributed by atoms with Crippen molar-refractivity contribution in [3.8, 4) is 0 Å². The second-order valence-electron chi connectivity index (χ2n) is 5.84. The molecule has 0 saturated heterocycles. The Balaban J connectivity index is 2.67. The molecule has 1 heterocycles. The molecule has 1 unspecified atom stereocenters. The standard InChI is InChI=1S/C14H25N3/c1-11(15)8-9-17(5)13-7-6-12(10-16-13)14(2,3)4/h6-7,10-11H,8-9,15H2,1-5H3. The fourth-order valence-corrected chi connectivity index (χ4v) is 1.57. The Kier molecular flexibility index (Phi) is 4.52. The Labute approximate surface area is 105 Å². The van der Waals surface area contributed by atoms with E-state index in [0.717, 1.165) is 18.8 Å². The molecule has 3 heteroatoms. The van der Waals surface area contributed by atoms with Crippen molar-refractivity contribution < 1.29 is 0 Å². The molecule has 0 aliphatic rings. The molecule has 1 rings (SSSR count). The second kappa shape index (κ2) is 5.50. The summed E-state index contributed by atoms with van der Waals surface area (Å²) in [6, 6.07) is 4.48. The van der Waals surface area contributed by atoms with E-state index in [2.05, 4.69) is 49.8 Å². The maximum Gasteiger partial charge on any atom is 0.128 e. The van der Waals surface area contributed by atoms with Crippen LogP contribution >= 0.6 is 0 Å². The lowest BCUT2D eigenvalue weighted by atomic mass is 9.88. The van der Waals surface area contributed by atoms with Crippen molar-refractivity contribution in [1.29, 1.82) is 0 Å². The highest BCUT2D eigenvalue weighted by Crippen LogP contribution is 2.22. The first-order valence-electron chi connectivity index (χ1n) is 6.24. The molecule has 1 aromatic heterocycles. The third-order valence-electron chi connectivity index (χ3n) is 2.92. The molecule has 96 valence electrons. The average Bonchev–Trinajstić information content (AvgIpc) is 2.25. The molecule has 0 saturated carbocycles. The van der Waals surface area contributed by atoms with E-state index < -0.39 is 0 Å². The van der Waals surface area contributed by atoms with Crippen LogP contribution in [0.15, 0.2) is 18.3 Å². The third-order valence-corrected chi connectivity index (χ3v) is 2.92. The molecule has 1 atom stereocenters. The smallest absolute Gasteiger partial charge is 0.128 e. The van der Waals surface area contributed by atoms with Crippen molar-refractivity contribution in [2.75, 3.05) is 18.5 Å². The van der Waals surface area contributed by atoms with Gasteiger partial charge in [0.25, 0.3) is 0 Å². The summed E-state index contributed by atoms with van der Waals surface area (Å²) in [6.45, 7) is 9.57. The Morgan fingerprint density at radius 1 is 1.35 bits per heavy atom. The Morgan fingerprint density at radius 2 is 2.00 bits per heavy atom. The molecule has 0 spiro atoms. The van der Waals surface area contributed by atoms with Gasteiger partial charge in [-0.3, -0.25) is 0 Å². The minimum absolute atomic E-state index is 0.163. The zero-order chi connectivity index (χ0) is 13.1. The Hall–Kier alpha value is -1.09. The number of nitrogens with two attached hydrogens (primary N) is 1. The summed E-state index contributed by atoms with van der Waals surface area (Å²) in [5.41, 5.74) is 7.18. The Bertz CT molecular complexity index is 335. The second-order valence-corrected chi connectivity index (χ2v) is 5.84. The summed E-state index contributed by atoms with van der Waals surface area (Å²) < 4.78 is 0. The highest BCUT2D eigenvalue weighted by atomic mass is 15.2. The van der Waals surface area contributed by atoms with Gasteiger partial charge in [0.05, 0.1) is 0 Å². The van der Waals surface area contributed by atoms with Crippen LogP contribution in [0.3, 0.4) is 0 Å². The van der Waals surface area contributed by atoms with Crippen LogP contribution in [0.2, 0.25) is 0 Å². The van der Waals surface area contributed by atoms with Crippen LogP contribution in [0.1, 0.15) is 39.7 Å². The quantitative estimate of drug-likeness (QED) is 0.872. The first kappa shape index (κ1) is 14.0. The van der Waals surface area contributed by atoms with Gasteiger partial charge >= 0.3 is 0 Å². The van der Waals surface area contributed by atoms with Crippen molar-refractivity contribution >= 4 is 5.82 Å². The van der Waals surface area contributed by atoms with Gasteiger partial charge < -0.3 is 10.6 Å². The number of nitrogens with zero attached hydrogens (tertiary/aromatic N) is 2. The molecule has 0 aliphatic heterocycles. The van der Waals surface area contributed by atoms with E-state index in [-0.39, 0.29) is 11.5 Å². The highest BCUT2D eigenvalue weighted by molar-refractivity contribution is 5.39. The molecule has 2 N–H and O–H groups in total. The largest absolute Gasteiger partial charge is 0.360 e. The van der Waals surface area contributed by atoms with Gasteiger partial charge in [-0.1, -0.05) is 26.8 Å². The number of rotatable bonds is 4. The molecule has 0 aliphatic carbocycles. The summed E-state index contributed by atoms with van der Waals surface area (Å²) in [5, 5.41) is 0. The molecule has 0 bridgehead atoms. The van der Waals surface area contributed by atoms with E-state index in [1.165, 1.54) is 5.56 Å². The van der Waals surface area contributed by atoms with E-state index >= 15 is 0 Å². The maximum atomic E-state index is 5.75. The summed E-state index contributed by atoms with van der Waals surface area (Å²) in [7, 11) is 2.06. The van der Waals surface area contributed by atoms with Gasteiger partial charge in [0.15, 0.2) is 0 Å². The maximum absolute atomic E-state index is 5.75. The molecule has 17 heavy (non-hydrogen) atoms. The summed E-state index contributed by atoms with van der Waals surface area (Å²) in [5.74, 6) is 1.01. The molecular weight excluding hydrogens is 210 g/mol. The zero-order valence-electron chi connectivity index (χ0n) is 11.7. The number of hydrogen-bond donors (Lipinski definition) is 1. The summed E-state index contributed by atoms with van der Waals surface area (Å²) >= 11 is 0. The molecule has 3 nitrogen and oxygen atoms in total. The van der Waals surface area contributed by atoms with Gasteiger partial charge in [-0.05, 0) is 30.4 Å². The predicted molar refractivity (Wildman–Crippen MR) is 74.5 cm³/mol. The predicted octanol–water partition coefficient (Wildman–Crippen LogP) is 2.55. The van der Waals surface area contributed by atoms with Gasteiger partial charge in [-0.15, -0.1) is 0 Å². The summed E-state index contributed by atoms with van der Waals surface area (Å²) in [4.78, 5) is 6.66. The van der Waals surface area contributed by atoms with Crippen molar-refractivity contribution in [2.24, 2.45) is 5.73 Å². The topological polar surface area (TPSA) is 42.1 Å². The van der Waals surface area contributed by atoms with Crippen LogP contribution in [-0.2, 0) is 5.41 Å². The molecule has 1 aromatic rings. The van der Waals surface area contributed by atoms with Gasteiger partial charge in [0.1, 0.15) is 5.82 Å². The molecular formula is C14H25N3. The monoisotopic (exact) mass is 235 g/mol. The van der Waals surface area contributed by atoms with E-state index in [1.54, 1.807) is 0 Å². The SMILES string of the molecule is CC(N)CCN(C)c1ccc(C(C)(C)C)cn1. The molecule has 0 fully saturated rings. The lowest BCUT2D eigenvalue weighted by Crippen LogP contribution is -2.26. The van der Waals surface area contributed by atoms with E-state index in [9.17, 15) is 0 Å². The lowest BCUT2D eigenvalue weighted by Gasteiger charge is -2.22. The van der Waals surface area contributed by atoms with Crippen LogP contribution in [0.25, 0.3) is 0 Å². The van der Waals surface area contributed by atoms with Gasteiger partial charge in [-0.25, -0.2) is 4.98 Å². The van der Waals surface area contributed by atoms with Gasteiger partial charge in [-0.2, -0.15) is 0 Å². The Morgan fingerprint density at radius 3 is 2.41 bits per heavy atom. The van der Waals surface area contributed by atoms with Crippen molar-refractivity contribution in [2.45, 2.75) is 45.6 Å². The molecule has 0 radical (unpaired) electrons. The average molecular weight is 235 g/mol. The number of anilines is 1. The molecule has 0 amide bonds. The number of pyridine rings is 1. The van der Waals surface area contributed by atoms with Crippen LogP contribution in [0, 0.1) is 0 Å². The normalized spacial score (nSPS) is 13.5.